The van der Waals surface area contributed by atoms with Crippen molar-refractivity contribution in [3.63, 3.8) is 0 Å². The van der Waals surface area contributed by atoms with Gasteiger partial charge in [0.1, 0.15) is 0 Å². The molecule has 0 saturated carbocycles. The third kappa shape index (κ3) is 3.37. The molecule has 0 saturated heterocycles. The number of urea groups is 1. The number of carbonyl (C=O) groups is 1. The average molecular weight is 328 g/mol. The van der Waals surface area contributed by atoms with Crippen LogP contribution in [0.1, 0.15) is 24.2 Å². The fourth-order valence-corrected chi connectivity index (χ4v) is 3.62. The molecule has 1 unspecified atom stereocenters. The predicted molar refractivity (Wildman–Crippen MR) is 93.4 cm³/mol. The molecule has 2 amide bonds. The van der Waals surface area contributed by atoms with Gasteiger partial charge in [0.05, 0.1) is 18.3 Å². The summed E-state index contributed by atoms with van der Waals surface area (Å²) in [7, 11) is 3.65. The topological polar surface area (TPSA) is 50.2 Å². The zero-order valence-corrected chi connectivity index (χ0v) is 14.3. The van der Waals surface area contributed by atoms with Gasteiger partial charge in [-0.3, -0.25) is 4.68 Å². The Morgan fingerprint density at radius 2 is 2.17 bits per heavy atom. The van der Waals surface area contributed by atoms with Crippen LogP contribution < -0.4 is 5.32 Å². The molecule has 120 valence electrons. The molecule has 1 aromatic carbocycles. The molecule has 0 aliphatic carbocycles. The predicted octanol–water partition coefficient (Wildman–Crippen LogP) is 3.54. The van der Waals surface area contributed by atoms with Gasteiger partial charge in [-0.15, -0.1) is 11.3 Å². The quantitative estimate of drug-likeness (QED) is 0.796. The summed E-state index contributed by atoms with van der Waals surface area (Å²) < 4.78 is 2.98. The van der Waals surface area contributed by atoms with Gasteiger partial charge >= 0.3 is 6.03 Å². The van der Waals surface area contributed by atoms with Crippen LogP contribution >= 0.6 is 11.3 Å². The first-order valence-electron chi connectivity index (χ1n) is 7.51. The van der Waals surface area contributed by atoms with Crippen LogP contribution in [0.15, 0.2) is 41.9 Å². The highest BCUT2D eigenvalue weighted by Crippen LogP contribution is 2.30. The first-order chi connectivity index (χ1) is 11.0. The minimum atomic E-state index is -0.0987. The zero-order valence-electron chi connectivity index (χ0n) is 13.5. The van der Waals surface area contributed by atoms with Crippen LogP contribution in [-0.2, 0) is 13.6 Å². The fourth-order valence-electron chi connectivity index (χ4n) is 2.57. The van der Waals surface area contributed by atoms with Gasteiger partial charge in [0, 0.05) is 25.0 Å². The molecule has 0 aliphatic rings. The molecule has 1 N–H and O–H groups in total. The van der Waals surface area contributed by atoms with E-state index in [1.807, 2.05) is 38.4 Å². The lowest BCUT2D eigenvalue weighted by atomic mass is 10.1. The van der Waals surface area contributed by atoms with Crippen molar-refractivity contribution in [1.82, 2.24) is 20.0 Å². The molecule has 6 heteroatoms. The Bertz CT molecular complexity index is 823. The first-order valence-corrected chi connectivity index (χ1v) is 8.39. The van der Waals surface area contributed by atoms with Crippen molar-refractivity contribution >= 4 is 27.5 Å². The summed E-state index contributed by atoms with van der Waals surface area (Å²) in [6, 6.07) is 10.0. The monoisotopic (exact) mass is 328 g/mol. The Labute approximate surface area is 139 Å². The number of hydrogen-bond donors (Lipinski definition) is 1. The van der Waals surface area contributed by atoms with Gasteiger partial charge in [-0.1, -0.05) is 18.2 Å². The van der Waals surface area contributed by atoms with Crippen LogP contribution in [0.25, 0.3) is 10.1 Å². The van der Waals surface area contributed by atoms with Crippen molar-refractivity contribution in [3.8, 4) is 0 Å². The number of amides is 2. The van der Waals surface area contributed by atoms with E-state index in [4.69, 9.17) is 0 Å². The van der Waals surface area contributed by atoms with Crippen molar-refractivity contribution in [1.29, 1.82) is 0 Å². The second kappa shape index (κ2) is 6.42. The number of aromatic nitrogens is 2. The van der Waals surface area contributed by atoms with Crippen LogP contribution in [0.3, 0.4) is 0 Å². The van der Waals surface area contributed by atoms with Crippen molar-refractivity contribution in [2.75, 3.05) is 7.05 Å². The van der Waals surface area contributed by atoms with Gasteiger partial charge in [0.15, 0.2) is 0 Å². The van der Waals surface area contributed by atoms with Crippen molar-refractivity contribution < 1.29 is 4.79 Å². The van der Waals surface area contributed by atoms with Gasteiger partial charge in [-0.25, -0.2) is 4.79 Å². The summed E-state index contributed by atoms with van der Waals surface area (Å²) in [5.74, 6) is 0. The Hall–Kier alpha value is -2.34. The Balaban J connectivity index is 1.67. The standard InChI is InChI=1S/C17H20N4OS/c1-12(15-11-23-16-7-5-4-6-14(15)16)18-17(22)20(2)10-13-8-9-21(3)19-13/h4-9,11-12H,10H2,1-3H3,(H,18,22). The number of nitrogens with zero attached hydrogens (tertiary/aromatic N) is 3. The van der Waals surface area contributed by atoms with Crippen LogP contribution in [0, 0.1) is 0 Å². The summed E-state index contributed by atoms with van der Waals surface area (Å²) in [6.45, 7) is 2.50. The van der Waals surface area contributed by atoms with E-state index in [1.54, 1.807) is 28.0 Å². The lowest BCUT2D eigenvalue weighted by molar-refractivity contribution is 0.203. The Morgan fingerprint density at radius 1 is 1.39 bits per heavy atom. The molecular formula is C17H20N4OS. The lowest BCUT2D eigenvalue weighted by Gasteiger charge is -2.20. The van der Waals surface area contributed by atoms with Gasteiger partial charge in [-0.2, -0.15) is 5.10 Å². The molecule has 5 nitrogen and oxygen atoms in total. The summed E-state index contributed by atoms with van der Waals surface area (Å²) in [5, 5.41) is 10.7. The number of nitrogens with one attached hydrogen (secondary N) is 1. The number of hydrogen-bond acceptors (Lipinski definition) is 3. The van der Waals surface area contributed by atoms with E-state index in [2.05, 4.69) is 27.9 Å². The van der Waals surface area contributed by atoms with Gasteiger partial charge in [0.2, 0.25) is 0 Å². The SMILES string of the molecule is CC(NC(=O)N(C)Cc1ccn(C)n1)c1csc2ccccc12. The van der Waals surface area contributed by atoms with Crippen molar-refractivity contribution in [2.45, 2.75) is 19.5 Å². The van der Waals surface area contributed by atoms with Gasteiger partial charge in [0.25, 0.3) is 0 Å². The maximum absolute atomic E-state index is 12.4. The minimum Gasteiger partial charge on any atom is -0.331 e. The second-order valence-electron chi connectivity index (χ2n) is 5.70. The summed E-state index contributed by atoms with van der Waals surface area (Å²) >= 11 is 1.71. The summed E-state index contributed by atoms with van der Waals surface area (Å²) in [6.07, 6.45) is 1.88. The van der Waals surface area contributed by atoms with E-state index in [0.717, 1.165) is 11.3 Å². The normalized spacial score (nSPS) is 12.3. The smallest absolute Gasteiger partial charge is 0.317 e. The van der Waals surface area contributed by atoms with E-state index in [0.29, 0.717) is 6.54 Å². The molecule has 23 heavy (non-hydrogen) atoms. The number of carbonyl (C=O) groups excluding carboxylic acids is 1. The van der Waals surface area contributed by atoms with E-state index >= 15 is 0 Å². The second-order valence-corrected chi connectivity index (χ2v) is 6.61. The van der Waals surface area contributed by atoms with Crippen molar-refractivity contribution in [3.05, 3.63) is 53.2 Å². The number of aryl methyl sites for hydroxylation is 1. The molecule has 3 aromatic rings. The highest BCUT2D eigenvalue weighted by atomic mass is 32.1. The zero-order chi connectivity index (χ0) is 16.4. The summed E-state index contributed by atoms with van der Waals surface area (Å²) in [5.41, 5.74) is 2.03. The molecule has 0 spiro atoms. The van der Waals surface area contributed by atoms with E-state index in [1.165, 1.54) is 10.1 Å². The highest BCUT2D eigenvalue weighted by Gasteiger charge is 2.16. The average Bonchev–Trinajstić information content (AvgIpc) is 3.13. The molecule has 2 heterocycles. The molecule has 2 aromatic heterocycles. The van der Waals surface area contributed by atoms with Crippen LogP contribution in [0.4, 0.5) is 4.79 Å². The number of fused-ring (bicyclic) bond motifs is 1. The van der Waals surface area contributed by atoms with E-state index < -0.39 is 0 Å². The van der Waals surface area contributed by atoms with Crippen LogP contribution in [0.2, 0.25) is 0 Å². The first kappa shape index (κ1) is 15.6. The molecule has 1 atom stereocenters. The van der Waals surface area contributed by atoms with Crippen molar-refractivity contribution in [2.24, 2.45) is 7.05 Å². The number of thiophene rings is 1. The van der Waals surface area contributed by atoms with Gasteiger partial charge < -0.3 is 10.2 Å². The third-order valence-corrected chi connectivity index (χ3v) is 4.81. The summed E-state index contributed by atoms with van der Waals surface area (Å²) in [4.78, 5) is 14.0. The van der Waals surface area contributed by atoms with Crippen LogP contribution in [0.5, 0.6) is 0 Å². The van der Waals surface area contributed by atoms with Crippen LogP contribution in [-0.4, -0.2) is 27.8 Å². The number of rotatable bonds is 4. The molecule has 0 radical (unpaired) electrons. The minimum absolute atomic E-state index is 0.0372. The highest BCUT2D eigenvalue weighted by molar-refractivity contribution is 7.17. The lowest BCUT2D eigenvalue weighted by Crippen LogP contribution is -2.38. The molecule has 0 aliphatic heterocycles. The van der Waals surface area contributed by atoms with E-state index in [9.17, 15) is 4.79 Å². The van der Waals surface area contributed by atoms with E-state index in [-0.39, 0.29) is 12.1 Å². The molecule has 0 fully saturated rings. The third-order valence-electron chi connectivity index (χ3n) is 3.83. The molecule has 3 rings (SSSR count). The number of benzene rings is 1. The maximum atomic E-state index is 12.4. The molecule has 0 bridgehead atoms. The van der Waals surface area contributed by atoms with Gasteiger partial charge in [-0.05, 0) is 35.4 Å². The fraction of sp³-hybridized carbons (Fsp3) is 0.294. The largest absolute Gasteiger partial charge is 0.331 e. The Morgan fingerprint density at radius 3 is 2.91 bits per heavy atom. The molecular weight excluding hydrogens is 308 g/mol. The maximum Gasteiger partial charge on any atom is 0.317 e. The Kier molecular flexibility index (Phi) is 4.34.